The summed E-state index contributed by atoms with van der Waals surface area (Å²) in [6.45, 7) is 2.66. The van der Waals surface area contributed by atoms with E-state index in [1.807, 2.05) is 26.1 Å². The number of nitrogens with one attached hydrogen (secondary N) is 1. The molecule has 2 aromatic rings. The third kappa shape index (κ3) is 2.70. The molecule has 1 N–H and O–H groups in total. The molecular weight excluding hydrogens is 333 g/mol. The zero-order chi connectivity index (χ0) is 15.0. The van der Waals surface area contributed by atoms with Gasteiger partial charge in [0.1, 0.15) is 11.6 Å². The molecule has 0 saturated heterocycles. The molecular formula is C17H17BrFNO. The lowest BCUT2D eigenvalue weighted by Crippen LogP contribution is -2.20. The Kier molecular flexibility index (Phi) is 4.00. The highest BCUT2D eigenvalue weighted by atomic mass is 79.9. The maximum Gasteiger partial charge on any atom is 0.128 e. The molecule has 0 amide bonds. The molecule has 2 nitrogen and oxygen atoms in total. The number of benzene rings is 2. The van der Waals surface area contributed by atoms with Crippen LogP contribution in [-0.2, 0) is 6.42 Å². The van der Waals surface area contributed by atoms with Gasteiger partial charge in [0.2, 0.25) is 0 Å². The number of hydrogen-bond donors (Lipinski definition) is 1. The van der Waals surface area contributed by atoms with E-state index in [1.165, 1.54) is 11.6 Å². The number of aryl methyl sites for hydroxylation is 1. The monoisotopic (exact) mass is 349 g/mol. The lowest BCUT2D eigenvalue weighted by Gasteiger charge is -2.21. The third-order valence-electron chi connectivity index (χ3n) is 3.84. The van der Waals surface area contributed by atoms with E-state index in [2.05, 4.69) is 27.3 Å². The van der Waals surface area contributed by atoms with Crippen molar-refractivity contribution in [2.45, 2.75) is 19.4 Å². The number of rotatable bonds is 3. The Morgan fingerprint density at radius 2 is 2.05 bits per heavy atom. The van der Waals surface area contributed by atoms with Crippen molar-refractivity contribution in [3.05, 3.63) is 62.9 Å². The van der Waals surface area contributed by atoms with Crippen LogP contribution in [0.3, 0.4) is 0 Å². The Labute approximate surface area is 132 Å². The van der Waals surface area contributed by atoms with Crippen LogP contribution in [-0.4, -0.2) is 13.7 Å². The summed E-state index contributed by atoms with van der Waals surface area (Å²) in [5.41, 5.74) is 3.84. The first kappa shape index (κ1) is 14.5. The number of fused-ring (bicyclic) bond motifs is 1. The summed E-state index contributed by atoms with van der Waals surface area (Å²) in [6.07, 6.45) is 0.897. The number of halogens is 2. The first-order valence-corrected chi connectivity index (χ1v) is 7.78. The molecule has 4 heteroatoms. The van der Waals surface area contributed by atoms with Crippen LogP contribution in [0.15, 0.2) is 34.8 Å². The topological polar surface area (TPSA) is 21.3 Å². The van der Waals surface area contributed by atoms with Crippen molar-refractivity contribution in [1.29, 1.82) is 0 Å². The van der Waals surface area contributed by atoms with Crippen molar-refractivity contribution < 1.29 is 9.13 Å². The predicted octanol–water partition coefficient (Wildman–Crippen LogP) is 4.14. The van der Waals surface area contributed by atoms with Crippen molar-refractivity contribution in [2.75, 3.05) is 13.7 Å². The highest BCUT2D eigenvalue weighted by Gasteiger charge is 2.25. The summed E-state index contributed by atoms with van der Waals surface area (Å²) in [7, 11) is 1.84. The molecule has 0 saturated carbocycles. The largest absolute Gasteiger partial charge is 0.493 e. The van der Waals surface area contributed by atoms with E-state index in [-0.39, 0.29) is 11.9 Å². The number of hydrogen-bond acceptors (Lipinski definition) is 2. The molecule has 0 aliphatic carbocycles. The Bertz CT molecular complexity index is 687. The maximum absolute atomic E-state index is 14.3. The van der Waals surface area contributed by atoms with Gasteiger partial charge in [0.05, 0.1) is 12.6 Å². The zero-order valence-corrected chi connectivity index (χ0v) is 13.6. The fourth-order valence-electron chi connectivity index (χ4n) is 2.88. The van der Waals surface area contributed by atoms with Crippen molar-refractivity contribution in [1.82, 2.24) is 5.32 Å². The molecule has 1 unspecified atom stereocenters. The smallest absolute Gasteiger partial charge is 0.128 e. The van der Waals surface area contributed by atoms with Crippen LogP contribution in [0.2, 0.25) is 0 Å². The molecule has 0 spiro atoms. The van der Waals surface area contributed by atoms with Gasteiger partial charge in [-0.3, -0.25) is 0 Å². The Morgan fingerprint density at radius 1 is 1.24 bits per heavy atom. The molecule has 0 radical (unpaired) electrons. The van der Waals surface area contributed by atoms with Crippen molar-refractivity contribution in [3.8, 4) is 5.75 Å². The summed E-state index contributed by atoms with van der Waals surface area (Å²) in [6, 6.07) is 9.05. The van der Waals surface area contributed by atoms with Gasteiger partial charge < -0.3 is 10.1 Å². The van der Waals surface area contributed by atoms with E-state index in [4.69, 9.17) is 4.74 Å². The first-order valence-electron chi connectivity index (χ1n) is 6.98. The van der Waals surface area contributed by atoms with Crippen molar-refractivity contribution in [2.24, 2.45) is 0 Å². The lowest BCUT2D eigenvalue weighted by molar-refractivity contribution is 0.350. The van der Waals surface area contributed by atoms with Crippen molar-refractivity contribution in [3.63, 3.8) is 0 Å². The minimum atomic E-state index is -0.228. The van der Waals surface area contributed by atoms with E-state index in [0.717, 1.165) is 27.8 Å². The van der Waals surface area contributed by atoms with Gasteiger partial charge >= 0.3 is 0 Å². The molecule has 1 aliphatic rings. The quantitative estimate of drug-likeness (QED) is 0.898. The second-order valence-electron chi connectivity index (χ2n) is 5.33. The van der Waals surface area contributed by atoms with Crippen LogP contribution in [0.25, 0.3) is 0 Å². The maximum atomic E-state index is 14.3. The molecule has 2 aromatic carbocycles. The lowest BCUT2D eigenvalue weighted by atomic mass is 9.94. The van der Waals surface area contributed by atoms with E-state index >= 15 is 0 Å². The van der Waals surface area contributed by atoms with Crippen LogP contribution in [0, 0.1) is 12.7 Å². The first-order chi connectivity index (χ1) is 10.1. The van der Waals surface area contributed by atoms with Gasteiger partial charge in [-0.15, -0.1) is 0 Å². The average Bonchev–Trinajstić information content (AvgIpc) is 2.91. The Balaban J connectivity index is 2.15. The highest BCUT2D eigenvalue weighted by molar-refractivity contribution is 9.10. The van der Waals surface area contributed by atoms with Gasteiger partial charge in [-0.25, -0.2) is 4.39 Å². The van der Waals surface area contributed by atoms with E-state index in [9.17, 15) is 4.39 Å². The van der Waals surface area contributed by atoms with Gasteiger partial charge in [0.25, 0.3) is 0 Å². The summed E-state index contributed by atoms with van der Waals surface area (Å²) >= 11 is 3.54. The second-order valence-corrected chi connectivity index (χ2v) is 6.24. The van der Waals surface area contributed by atoms with Crippen molar-refractivity contribution >= 4 is 15.9 Å². The Morgan fingerprint density at radius 3 is 2.81 bits per heavy atom. The predicted molar refractivity (Wildman–Crippen MR) is 85.4 cm³/mol. The SMILES string of the molecule is CNC(c1cc(C)ccc1F)c1cc(Br)cc2c1OCC2. The fraction of sp³-hybridized carbons (Fsp3) is 0.294. The summed E-state index contributed by atoms with van der Waals surface area (Å²) in [4.78, 5) is 0. The normalized spacial score (nSPS) is 14.7. The van der Waals surface area contributed by atoms with Crippen LogP contribution in [0.5, 0.6) is 5.75 Å². The highest BCUT2D eigenvalue weighted by Crippen LogP contribution is 2.39. The molecule has 21 heavy (non-hydrogen) atoms. The molecule has 1 aliphatic heterocycles. The summed E-state index contributed by atoms with van der Waals surface area (Å²) in [5.74, 6) is 0.685. The fourth-order valence-corrected chi connectivity index (χ4v) is 3.40. The molecule has 0 fully saturated rings. The van der Waals surface area contributed by atoms with Crippen LogP contribution in [0.1, 0.15) is 28.3 Å². The second kappa shape index (κ2) is 5.78. The summed E-state index contributed by atoms with van der Waals surface area (Å²) in [5, 5.41) is 3.22. The number of ether oxygens (including phenoxy) is 1. The summed E-state index contributed by atoms with van der Waals surface area (Å²) < 4.78 is 21.0. The third-order valence-corrected chi connectivity index (χ3v) is 4.30. The van der Waals surface area contributed by atoms with Gasteiger partial charge in [-0.05, 0) is 37.7 Å². The average molecular weight is 350 g/mol. The molecule has 0 aromatic heterocycles. The van der Waals surface area contributed by atoms with Crippen LogP contribution < -0.4 is 10.1 Å². The van der Waals surface area contributed by atoms with Gasteiger partial charge in [0.15, 0.2) is 0 Å². The van der Waals surface area contributed by atoms with Gasteiger partial charge in [0, 0.05) is 22.0 Å². The molecule has 3 rings (SSSR count). The minimum Gasteiger partial charge on any atom is -0.493 e. The van der Waals surface area contributed by atoms with E-state index < -0.39 is 0 Å². The van der Waals surface area contributed by atoms with Gasteiger partial charge in [-0.2, -0.15) is 0 Å². The molecule has 1 atom stereocenters. The molecule has 1 heterocycles. The van der Waals surface area contributed by atoms with E-state index in [1.54, 1.807) is 6.07 Å². The standard InChI is InChI=1S/C17H17BrFNO/c1-10-3-4-15(19)13(7-10)16(20-2)14-9-12(18)8-11-5-6-21-17(11)14/h3-4,7-9,16,20H,5-6H2,1-2H3. The van der Waals surface area contributed by atoms with Gasteiger partial charge in [-0.1, -0.05) is 33.6 Å². The minimum absolute atomic E-state index is 0.202. The zero-order valence-electron chi connectivity index (χ0n) is 12.0. The van der Waals surface area contributed by atoms with Crippen LogP contribution in [0.4, 0.5) is 4.39 Å². The molecule has 110 valence electrons. The van der Waals surface area contributed by atoms with Crippen LogP contribution >= 0.6 is 15.9 Å². The molecule has 0 bridgehead atoms. The Hall–Kier alpha value is -1.39. The van der Waals surface area contributed by atoms with E-state index in [0.29, 0.717) is 12.2 Å².